The molecule has 0 saturated carbocycles. The van der Waals surface area contributed by atoms with Crippen molar-refractivity contribution in [2.45, 2.75) is 18.0 Å². The van der Waals surface area contributed by atoms with Gasteiger partial charge in [-0.25, -0.2) is 9.97 Å². The van der Waals surface area contributed by atoms with Crippen LogP contribution in [0.15, 0.2) is 59.6 Å². The zero-order chi connectivity index (χ0) is 19.2. The second-order valence-corrected chi connectivity index (χ2v) is 7.54. The zero-order valence-corrected chi connectivity index (χ0v) is 16.7. The maximum Gasteiger partial charge on any atom is 0.230 e. The van der Waals surface area contributed by atoms with Gasteiger partial charge in [0.1, 0.15) is 10.9 Å². The van der Waals surface area contributed by atoms with E-state index in [1.807, 2.05) is 63.5 Å². The number of hydrogen-bond donors (Lipinski definition) is 1. The van der Waals surface area contributed by atoms with E-state index in [2.05, 4.69) is 32.3 Å². The van der Waals surface area contributed by atoms with Crippen LogP contribution < -0.4 is 5.32 Å². The third kappa shape index (κ3) is 5.05. The van der Waals surface area contributed by atoms with E-state index in [1.165, 1.54) is 17.3 Å². The van der Waals surface area contributed by atoms with Gasteiger partial charge < -0.3 is 10.2 Å². The Kier molecular flexibility index (Phi) is 6.42. The van der Waals surface area contributed by atoms with Crippen molar-refractivity contribution in [3.05, 3.63) is 66.0 Å². The number of carbonyl (C=O) groups excluding carboxylic acids is 1. The van der Waals surface area contributed by atoms with E-state index in [9.17, 15) is 4.79 Å². The van der Waals surface area contributed by atoms with E-state index in [0.717, 1.165) is 15.9 Å². The highest BCUT2D eigenvalue weighted by molar-refractivity contribution is 8.00. The zero-order valence-electron chi connectivity index (χ0n) is 15.8. The van der Waals surface area contributed by atoms with Gasteiger partial charge in [0.2, 0.25) is 5.91 Å². The molecule has 0 fully saturated rings. The van der Waals surface area contributed by atoms with E-state index in [4.69, 9.17) is 0 Å². The van der Waals surface area contributed by atoms with Gasteiger partial charge in [-0.3, -0.25) is 4.79 Å². The highest BCUT2D eigenvalue weighted by Crippen LogP contribution is 2.25. The molecule has 0 radical (unpaired) electrons. The summed E-state index contributed by atoms with van der Waals surface area (Å²) < 4.78 is 0. The molecule has 0 saturated heterocycles. The first kappa shape index (κ1) is 19.3. The lowest BCUT2D eigenvalue weighted by molar-refractivity contribution is -0.118. The average Bonchev–Trinajstić information content (AvgIpc) is 2.66. The van der Waals surface area contributed by atoms with E-state index >= 15 is 0 Å². The van der Waals surface area contributed by atoms with Gasteiger partial charge in [-0.2, -0.15) is 0 Å². The molecule has 27 heavy (non-hydrogen) atoms. The molecule has 0 bridgehead atoms. The quantitative estimate of drug-likeness (QED) is 0.503. The number of aromatic nitrogens is 2. The fraction of sp³-hybridized carbons (Fsp3) is 0.286. The smallest absolute Gasteiger partial charge is 0.230 e. The number of aryl methyl sites for hydroxylation is 1. The van der Waals surface area contributed by atoms with E-state index in [0.29, 0.717) is 18.1 Å². The first-order valence-corrected chi connectivity index (χ1v) is 9.87. The summed E-state index contributed by atoms with van der Waals surface area (Å²) >= 11 is 1.45. The highest BCUT2D eigenvalue weighted by atomic mass is 32.2. The minimum Gasteiger partial charge on any atom is -0.353 e. The molecule has 1 aromatic heterocycles. The maximum absolute atomic E-state index is 12.4. The molecule has 3 aromatic rings. The molecule has 1 N–H and O–H groups in total. The van der Waals surface area contributed by atoms with Crippen LogP contribution in [0.25, 0.3) is 10.9 Å². The number of para-hydroxylation sites is 1. The van der Waals surface area contributed by atoms with Crippen molar-refractivity contribution in [2.24, 2.45) is 0 Å². The van der Waals surface area contributed by atoms with Gasteiger partial charge in [-0.05, 0) is 32.6 Å². The number of nitrogens with zero attached hydrogens (tertiary/aromatic N) is 3. The molecule has 1 amide bonds. The summed E-state index contributed by atoms with van der Waals surface area (Å²) in [5, 5.41) is 4.88. The van der Waals surface area contributed by atoms with Crippen molar-refractivity contribution >= 4 is 28.6 Å². The van der Waals surface area contributed by atoms with Gasteiger partial charge in [0.05, 0.1) is 17.3 Å². The number of nitrogens with one attached hydrogen (secondary N) is 1. The minimum absolute atomic E-state index is 0.00290. The Morgan fingerprint density at radius 3 is 2.52 bits per heavy atom. The van der Waals surface area contributed by atoms with Crippen LogP contribution in [0.1, 0.15) is 17.4 Å². The fourth-order valence-electron chi connectivity index (χ4n) is 2.94. The molecule has 5 nitrogen and oxygen atoms in total. The van der Waals surface area contributed by atoms with Crippen molar-refractivity contribution in [3.8, 4) is 0 Å². The van der Waals surface area contributed by atoms with Crippen molar-refractivity contribution in [2.75, 3.05) is 26.4 Å². The molecule has 0 aliphatic rings. The van der Waals surface area contributed by atoms with Crippen LogP contribution in [-0.4, -0.2) is 47.2 Å². The van der Waals surface area contributed by atoms with E-state index < -0.39 is 0 Å². The average molecular weight is 381 g/mol. The molecule has 1 atom stereocenters. The van der Waals surface area contributed by atoms with Gasteiger partial charge in [-0.1, -0.05) is 60.3 Å². The Morgan fingerprint density at radius 2 is 1.78 bits per heavy atom. The van der Waals surface area contributed by atoms with Gasteiger partial charge in [0.25, 0.3) is 0 Å². The van der Waals surface area contributed by atoms with Crippen molar-refractivity contribution in [3.63, 3.8) is 0 Å². The number of carbonyl (C=O) groups is 1. The van der Waals surface area contributed by atoms with Crippen LogP contribution in [-0.2, 0) is 4.79 Å². The Morgan fingerprint density at radius 1 is 1.07 bits per heavy atom. The predicted octanol–water partition coefficient (Wildman–Crippen LogP) is 3.45. The minimum atomic E-state index is 0.00290. The van der Waals surface area contributed by atoms with Crippen LogP contribution >= 0.6 is 11.8 Å². The molecule has 0 spiro atoms. The molecule has 6 heteroatoms. The Bertz CT molecular complexity index is 914. The van der Waals surface area contributed by atoms with Crippen LogP contribution in [0.5, 0.6) is 0 Å². The topological polar surface area (TPSA) is 58.1 Å². The van der Waals surface area contributed by atoms with E-state index in [-0.39, 0.29) is 11.9 Å². The molecule has 3 rings (SSSR count). The summed E-state index contributed by atoms with van der Waals surface area (Å²) in [6, 6.07) is 18.2. The summed E-state index contributed by atoms with van der Waals surface area (Å²) in [6.45, 7) is 2.44. The number of hydrogen-bond acceptors (Lipinski definition) is 5. The molecule has 0 aliphatic carbocycles. The summed E-state index contributed by atoms with van der Waals surface area (Å²) in [5.41, 5.74) is 2.09. The molecular weight excluding hydrogens is 356 g/mol. The first-order valence-electron chi connectivity index (χ1n) is 8.89. The lowest BCUT2D eigenvalue weighted by Crippen LogP contribution is -2.35. The number of thioether (sulfide) groups is 1. The monoisotopic (exact) mass is 380 g/mol. The molecule has 0 unspecified atom stereocenters. The molecule has 0 aliphatic heterocycles. The van der Waals surface area contributed by atoms with Crippen LogP contribution in [0, 0.1) is 6.92 Å². The van der Waals surface area contributed by atoms with Gasteiger partial charge in [-0.15, -0.1) is 0 Å². The summed E-state index contributed by atoms with van der Waals surface area (Å²) in [6.07, 6.45) is 0. The van der Waals surface area contributed by atoms with Gasteiger partial charge >= 0.3 is 0 Å². The lowest BCUT2D eigenvalue weighted by atomic mass is 10.1. The van der Waals surface area contributed by atoms with E-state index in [1.54, 1.807) is 0 Å². The predicted molar refractivity (Wildman–Crippen MR) is 111 cm³/mol. The third-order valence-electron chi connectivity index (χ3n) is 4.32. The van der Waals surface area contributed by atoms with Gasteiger partial charge in [0, 0.05) is 11.9 Å². The van der Waals surface area contributed by atoms with Crippen molar-refractivity contribution in [1.82, 2.24) is 20.2 Å². The first-order chi connectivity index (χ1) is 13.0. The van der Waals surface area contributed by atoms with Crippen molar-refractivity contribution in [1.29, 1.82) is 0 Å². The maximum atomic E-state index is 12.4. The SMILES string of the molecule is Cc1nc(SCC(=O)NC[C@H](c2ccccc2)N(C)C)c2ccccc2n1. The molecule has 2 aromatic carbocycles. The van der Waals surface area contributed by atoms with Crippen LogP contribution in [0.4, 0.5) is 0 Å². The lowest BCUT2D eigenvalue weighted by Gasteiger charge is -2.25. The van der Waals surface area contributed by atoms with Gasteiger partial charge in [0.15, 0.2) is 0 Å². The van der Waals surface area contributed by atoms with Crippen LogP contribution in [0.2, 0.25) is 0 Å². The van der Waals surface area contributed by atoms with Crippen molar-refractivity contribution < 1.29 is 4.79 Å². The Labute approximate surface area is 164 Å². The standard InChI is InChI=1S/C21H24N4OS/c1-15-23-18-12-8-7-11-17(18)21(24-15)27-14-20(26)22-13-19(25(2)3)16-9-5-4-6-10-16/h4-12,19H,13-14H2,1-3H3,(H,22,26)/t19-/m1/s1. The number of amides is 1. The number of fused-ring (bicyclic) bond motifs is 1. The summed E-state index contributed by atoms with van der Waals surface area (Å²) in [5.74, 6) is 1.05. The highest BCUT2D eigenvalue weighted by Gasteiger charge is 2.15. The second kappa shape index (κ2) is 8.97. The molecule has 140 valence electrons. The fourth-order valence-corrected chi connectivity index (χ4v) is 3.83. The number of benzene rings is 2. The summed E-state index contributed by atoms with van der Waals surface area (Å²) in [7, 11) is 4.04. The van der Waals surface area contributed by atoms with Crippen LogP contribution in [0.3, 0.4) is 0 Å². The molecule has 1 heterocycles. The Balaban J connectivity index is 1.62. The number of rotatable bonds is 7. The normalized spacial score (nSPS) is 12.3. The molecular formula is C21H24N4OS. The second-order valence-electron chi connectivity index (χ2n) is 6.58. The summed E-state index contributed by atoms with van der Waals surface area (Å²) in [4.78, 5) is 23.5. The third-order valence-corrected chi connectivity index (χ3v) is 5.31. The number of likely N-dealkylation sites (N-methyl/N-ethyl adjacent to an activating group) is 1. The Hall–Kier alpha value is -2.44. The largest absolute Gasteiger partial charge is 0.353 e.